The largest absolute Gasteiger partial charge is 0.480 e. The molecule has 102 valence electrons. The molecule has 0 amide bonds. The Morgan fingerprint density at radius 1 is 1.56 bits per heavy atom. The normalized spacial score (nSPS) is 13.4. The minimum atomic E-state index is -3.79. The fourth-order valence-corrected chi connectivity index (χ4v) is 3.03. The second-order valence-corrected chi connectivity index (χ2v) is 5.77. The fraction of sp³-hybridized carbons (Fsp3) is 0.545. The number of sulfonamides is 1. The van der Waals surface area contributed by atoms with Crippen LogP contribution >= 0.6 is 0 Å². The zero-order valence-corrected chi connectivity index (χ0v) is 11.3. The quantitative estimate of drug-likeness (QED) is 0.774. The van der Waals surface area contributed by atoms with Crippen LogP contribution in [0.1, 0.15) is 26.2 Å². The van der Waals surface area contributed by atoms with Crippen LogP contribution in [0.25, 0.3) is 0 Å². The van der Waals surface area contributed by atoms with Crippen molar-refractivity contribution in [3.63, 3.8) is 0 Å². The Hall–Kier alpha value is -1.34. The van der Waals surface area contributed by atoms with E-state index in [0.29, 0.717) is 6.42 Å². The van der Waals surface area contributed by atoms with Crippen molar-refractivity contribution in [2.45, 2.75) is 37.3 Å². The van der Waals surface area contributed by atoms with Gasteiger partial charge in [0.1, 0.15) is 11.1 Å². The van der Waals surface area contributed by atoms with Crippen LogP contribution in [0.2, 0.25) is 0 Å². The molecule has 0 saturated heterocycles. The molecular formula is C11H18N2O4S. The van der Waals surface area contributed by atoms with Gasteiger partial charge in [-0.1, -0.05) is 19.8 Å². The monoisotopic (exact) mass is 274 g/mol. The number of aryl methyl sites for hydroxylation is 1. The number of carboxylic acids is 1. The van der Waals surface area contributed by atoms with E-state index in [-0.39, 0.29) is 11.4 Å². The molecule has 0 aliphatic rings. The zero-order valence-electron chi connectivity index (χ0n) is 10.5. The molecular weight excluding hydrogens is 256 g/mol. The van der Waals surface area contributed by atoms with Crippen LogP contribution in [0.5, 0.6) is 0 Å². The highest BCUT2D eigenvalue weighted by atomic mass is 32.2. The van der Waals surface area contributed by atoms with Gasteiger partial charge in [-0.25, -0.2) is 8.42 Å². The van der Waals surface area contributed by atoms with Crippen LogP contribution in [-0.2, 0) is 21.9 Å². The van der Waals surface area contributed by atoms with E-state index in [4.69, 9.17) is 5.11 Å². The summed E-state index contributed by atoms with van der Waals surface area (Å²) in [5, 5.41) is 9.06. The number of carboxylic acid groups (broad SMARTS) is 1. The van der Waals surface area contributed by atoms with E-state index in [1.807, 2.05) is 6.92 Å². The summed E-state index contributed by atoms with van der Waals surface area (Å²) in [6, 6.07) is 1.95. The molecule has 18 heavy (non-hydrogen) atoms. The van der Waals surface area contributed by atoms with Gasteiger partial charge in [0.05, 0.1) is 0 Å². The molecule has 0 bridgehead atoms. The van der Waals surface area contributed by atoms with Crippen LogP contribution in [0.3, 0.4) is 0 Å². The number of rotatable bonds is 7. The number of aliphatic carboxylic acids is 1. The molecule has 2 N–H and O–H groups in total. The summed E-state index contributed by atoms with van der Waals surface area (Å²) >= 11 is 0. The topological polar surface area (TPSA) is 88.4 Å². The van der Waals surface area contributed by atoms with Gasteiger partial charge in [-0.3, -0.25) is 4.79 Å². The molecule has 0 aromatic carbocycles. The molecule has 0 radical (unpaired) electrons. The van der Waals surface area contributed by atoms with Gasteiger partial charge >= 0.3 is 5.97 Å². The van der Waals surface area contributed by atoms with E-state index in [0.717, 1.165) is 6.42 Å². The summed E-state index contributed by atoms with van der Waals surface area (Å²) in [4.78, 5) is 11.0. The maximum absolute atomic E-state index is 12.0. The Kier molecular flexibility index (Phi) is 4.92. The van der Waals surface area contributed by atoms with Crippen molar-refractivity contribution < 1.29 is 18.3 Å². The Labute approximate surface area is 107 Å². The van der Waals surface area contributed by atoms with E-state index in [2.05, 4.69) is 4.72 Å². The van der Waals surface area contributed by atoms with E-state index in [1.54, 1.807) is 19.3 Å². The third-order valence-electron chi connectivity index (χ3n) is 2.61. The molecule has 1 heterocycles. The lowest BCUT2D eigenvalue weighted by molar-refractivity contribution is -0.139. The third-order valence-corrected chi connectivity index (χ3v) is 4.18. The van der Waals surface area contributed by atoms with E-state index in [1.165, 1.54) is 10.6 Å². The summed E-state index contributed by atoms with van der Waals surface area (Å²) in [7, 11) is -2.20. The fourth-order valence-electron chi connectivity index (χ4n) is 1.61. The first kappa shape index (κ1) is 14.7. The zero-order chi connectivity index (χ0) is 13.8. The summed E-state index contributed by atoms with van der Waals surface area (Å²) in [6.45, 7) is 1.92. The van der Waals surface area contributed by atoms with Gasteiger partial charge in [-0.15, -0.1) is 0 Å². The van der Waals surface area contributed by atoms with Gasteiger partial charge < -0.3 is 9.67 Å². The first-order valence-electron chi connectivity index (χ1n) is 5.75. The van der Waals surface area contributed by atoms with Gasteiger partial charge in [0.2, 0.25) is 0 Å². The van der Waals surface area contributed by atoms with Crippen molar-refractivity contribution in [1.29, 1.82) is 0 Å². The molecule has 1 atom stereocenters. The van der Waals surface area contributed by atoms with Gasteiger partial charge in [0, 0.05) is 13.2 Å². The summed E-state index contributed by atoms with van der Waals surface area (Å²) in [6.07, 6.45) is 3.36. The summed E-state index contributed by atoms with van der Waals surface area (Å²) in [5.41, 5.74) is 0. The molecule has 0 fully saturated rings. The average molecular weight is 274 g/mol. The van der Waals surface area contributed by atoms with Crippen LogP contribution in [0.4, 0.5) is 0 Å². The number of hydrogen-bond acceptors (Lipinski definition) is 3. The summed E-state index contributed by atoms with van der Waals surface area (Å²) < 4.78 is 27.6. The van der Waals surface area contributed by atoms with Crippen molar-refractivity contribution in [3.05, 3.63) is 18.3 Å². The highest BCUT2D eigenvalue weighted by Crippen LogP contribution is 2.11. The third kappa shape index (κ3) is 3.58. The van der Waals surface area contributed by atoms with E-state index in [9.17, 15) is 13.2 Å². The van der Waals surface area contributed by atoms with Crippen LogP contribution < -0.4 is 4.72 Å². The molecule has 1 aromatic heterocycles. The number of nitrogens with zero attached hydrogens (tertiary/aromatic N) is 1. The molecule has 1 aromatic rings. The van der Waals surface area contributed by atoms with Crippen LogP contribution in [-0.4, -0.2) is 30.1 Å². The Balaban J connectivity index is 2.86. The predicted octanol–water partition coefficient (Wildman–Crippen LogP) is 0.947. The molecule has 0 saturated carbocycles. The van der Waals surface area contributed by atoms with Gasteiger partial charge in [-0.2, -0.15) is 4.72 Å². The lowest BCUT2D eigenvalue weighted by Crippen LogP contribution is -2.41. The standard InChI is InChI=1S/C11H18N2O4S/c1-3-4-6-9(11(14)15)12-18(16,17)10-7-5-8-13(10)2/h5,7-9,12H,3-4,6H2,1-2H3,(H,14,15). The minimum Gasteiger partial charge on any atom is -0.480 e. The number of hydrogen-bond donors (Lipinski definition) is 2. The predicted molar refractivity (Wildman–Crippen MR) is 66.7 cm³/mol. The summed E-state index contributed by atoms with van der Waals surface area (Å²) in [5.74, 6) is -1.15. The molecule has 1 unspecified atom stereocenters. The number of aromatic nitrogens is 1. The molecule has 0 aliphatic heterocycles. The van der Waals surface area contributed by atoms with Gasteiger partial charge in [0.25, 0.3) is 10.0 Å². The number of nitrogens with one attached hydrogen (secondary N) is 1. The number of carbonyl (C=O) groups is 1. The first-order chi connectivity index (χ1) is 8.38. The Bertz CT molecular complexity index is 507. The van der Waals surface area contributed by atoms with Crippen LogP contribution in [0, 0.1) is 0 Å². The van der Waals surface area contributed by atoms with Gasteiger partial charge in [-0.05, 0) is 18.6 Å². The highest BCUT2D eigenvalue weighted by molar-refractivity contribution is 7.89. The molecule has 7 heteroatoms. The van der Waals surface area contributed by atoms with Crippen molar-refractivity contribution in [1.82, 2.24) is 9.29 Å². The second-order valence-electron chi connectivity index (χ2n) is 4.11. The lowest BCUT2D eigenvalue weighted by Gasteiger charge is -2.14. The van der Waals surface area contributed by atoms with E-state index >= 15 is 0 Å². The molecule has 0 spiro atoms. The van der Waals surface area contributed by atoms with Crippen LogP contribution in [0.15, 0.2) is 23.4 Å². The SMILES string of the molecule is CCCCC(NS(=O)(=O)c1cccn1C)C(=O)O. The Morgan fingerprint density at radius 3 is 2.67 bits per heavy atom. The minimum absolute atomic E-state index is 0.0604. The first-order valence-corrected chi connectivity index (χ1v) is 7.23. The maximum atomic E-state index is 12.0. The average Bonchev–Trinajstić information content (AvgIpc) is 2.71. The van der Waals surface area contributed by atoms with Crippen molar-refractivity contribution in [2.24, 2.45) is 7.05 Å². The maximum Gasteiger partial charge on any atom is 0.321 e. The van der Waals surface area contributed by atoms with E-state index < -0.39 is 22.0 Å². The molecule has 0 aliphatic carbocycles. The second kappa shape index (κ2) is 6.01. The smallest absolute Gasteiger partial charge is 0.321 e. The number of unbranched alkanes of at least 4 members (excludes halogenated alkanes) is 1. The van der Waals surface area contributed by atoms with Gasteiger partial charge in [0.15, 0.2) is 0 Å². The lowest BCUT2D eigenvalue weighted by atomic mass is 10.1. The van der Waals surface area contributed by atoms with Crippen molar-refractivity contribution in [3.8, 4) is 0 Å². The van der Waals surface area contributed by atoms with Crippen molar-refractivity contribution >= 4 is 16.0 Å². The highest BCUT2D eigenvalue weighted by Gasteiger charge is 2.26. The Morgan fingerprint density at radius 2 is 2.22 bits per heavy atom. The molecule has 6 nitrogen and oxygen atoms in total. The molecule has 1 rings (SSSR count). The van der Waals surface area contributed by atoms with Crippen molar-refractivity contribution in [2.75, 3.05) is 0 Å².